The minimum absolute atomic E-state index is 0.679. The fraction of sp³-hybridized carbons (Fsp3) is 0.667. The van der Waals surface area contributed by atoms with Crippen LogP contribution in [0.1, 0.15) is 46.1 Å². The van der Waals surface area contributed by atoms with Crippen LogP contribution >= 0.6 is 15.9 Å². The van der Waals surface area contributed by atoms with Crippen LogP contribution in [0.5, 0.6) is 0 Å². The summed E-state index contributed by atoms with van der Waals surface area (Å²) in [4.78, 5) is 2.51. The standard InChI is InChI=1S/C18H29BrN2/c1-13(2)11-21(12-14(3)4)17-8-5-15(18(19)9-17)10-20-16-6-7-16/h5,8-9,13-14,16,20H,6-7,10-12H2,1-4H3. The van der Waals surface area contributed by atoms with Crippen LogP contribution in [-0.2, 0) is 6.54 Å². The van der Waals surface area contributed by atoms with E-state index in [4.69, 9.17) is 0 Å². The molecule has 118 valence electrons. The maximum absolute atomic E-state index is 3.75. The van der Waals surface area contributed by atoms with Crippen LogP contribution in [0, 0.1) is 11.8 Å². The second-order valence-corrected chi connectivity index (χ2v) is 7.98. The van der Waals surface area contributed by atoms with Gasteiger partial charge in [0.2, 0.25) is 0 Å². The fourth-order valence-electron chi connectivity index (χ4n) is 2.58. The van der Waals surface area contributed by atoms with Crippen LogP contribution in [0.15, 0.2) is 22.7 Å². The van der Waals surface area contributed by atoms with Crippen LogP contribution in [0.25, 0.3) is 0 Å². The van der Waals surface area contributed by atoms with E-state index in [2.05, 4.69) is 72.0 Å². The lowest BCUT2D eigenvalue weighted by molar-refractivity contribution is 0.552. The van der Waals surface area contributed by atoms with Crippen molar-refractivity contribution in [3.63, 3.8) is 0 Å². The molecule has 3 heteroatoms. The normalized spacial score (nSPS) is 15.0. The molecular weight excluding hydrogens is 324 g/mol. The number of anilines is 1. The van der Waals surface area contributed by atoms with E-state index in [-0.39, 0.29) is 0 Å². The Morgan fingerprint density at radius 1 is 1.14 bits per heavy atom. The fourth-order valence-corrected chi connectivity index (χ4v) is 3.09. The summed E-state index contributed by atoms with van der Waals surface area (Å²) in [5.74, 6) is 1.36. The quantitative estimate of drug-likeness (QED) is 0.721. The Morgan fingerprint density at radius 3 is 2.24 bits per heavy atom. The summed E-state index contributed by atoms with van der Waals surface area (Å²) in [6, 6.07) is 7.59. The molecule has 21 heavy (non-hydrogen) atoms. The van der Waals surface area contributed by atoms with E-state index in [0.29, 0.717) is 11.8 Å². The zero-order chi connectivity index (χ0) is 15.4. The number of halogens is 1. The van der Waals surface area contributed by atoms with Gasteiger partial charge in [-0.1, -0.05) is 49.7 Å². The van der Waals surface area contributed by atoms with Crippen molar-refractivity contribution in [3.8, 4) is 0 Å². The summed E-state index contributed by atoms with van der Waals surface area (Å²) in [6.45, 7) is 12.4. The minimum Gasteiger partial charge on any atom is -0.371 e. The van der Waals surface area contributed by atoms with Crippen LogP contribution < -0.4 is 10.2 Å². The van der Waals surface area contributed by atoms with Gasteiger partial charge >= 0.3 is 0 Å². The van der Waals surface area contributed by atoms with Gasteiger partial charge in [0.15, 0.2) is 0 Å². The Hall–Kier alpha value is -0.540. The van der Waals surface area contributed by atoms with E-state index in [1.807, 2.05) is 0 Å². The number of benzene rings is 1. The highest BCUT2D eigenvalue weighted by molar-refractivity contribution is 9.10. The molecule has 1 N–H and O–H groups in total. The highest BCUT2D eigenvalue weighted by atomic mass is 79.9. The minimum atomic E-state index is 0.679. The average molecular weight is 353 g/mol. The maximum Gasteiger partial charge on any atom is 0.0377 e. The summed E-state index contributed by atoms with van der Waals surface area (Å²) in [5, 5.41) is 3.58. The van der Waals surface area contributed by atoms with E-state index in [1.165, 1.54) is 28.6 Å². The van der Waals surface area contributed by atoms with Gasteiger partial charge in [-0.3, -0.25) is 0 Å². The highest BCUT2D eigenvalue weighted by Crippen LogP contribution is 2.27. The van der Waals surface area contributed by atoms with E-state index >= 15 is 0 Å². The molecule has 0 heterocycles. The van der Waals surface area contributed by atoms with E-state index in [0.717, 1.165) is 25.7 Å². The van der Waals surface area contributed by atoms with Crippen molar-refractivity contribution in [2.45, 2.75) is 53.1 Å². The molecule has 1 aliphatic carbocycles. The summed E-state index contributed by atoms with van der Waals surface area (Å²) in [7, 11) is 0. The van der Waals surface area contributed by atoms with Crippen molar-refractivity contribution in [1.29, 1.82) is 0 Å². The lowest BCUT2D eigenvalue weighted by Crippen LogP contribution is -2.31. The topological polar surface area (TPSA) is 15.3 Å². The zero-order valence-corrected chi connectivity index (χ0v) is 15.4. The monoisotopic (exact) mass is 352 g/mol. The molecule has 0 bridgehead atoms. The molecule has 0 aromatic heterocycles. The summed E-state index contributed by atoms with van der Waals surface area (Å²) in [5.41, 5.74) is 2.69. The summed E-state index contributed by atoms with van der Waals surface area (Å²) < 4.78 is 1.23. The molecule has 1 fully saturated rings. The molecule has 1 aliphatic rings. The Morgan fingerprint density at radius 2 is 1.76 bits per heavy atom. The number of nitrogens with one attached hydrogen (secondary N) is 1. The number of nitrogens with zero attached hydrogens (tertiary/aromatic N) is 1. The van der Waals surface area contributed by atoms with Gasteiger partial charge in [0.25, 0.3) is 0 Å². The second kappa shape index (κ2) is 7.64. The first-order chi connectivity index (χ1) is 9.95. The molecule has 0 spiro atoms. The smallest absolute Gasteiger partial charge is 0.0377 e. The van der Waals surface area contributed by atoms with Gasteiger partial charge in [0.1, 0.15) is 0 Å². The lowest BCUT2D eigenvalue weighted by atomic mass is 10.1. The van der Waals surface area contributed by atoms with Gasteiger partial charge in [-0.25, -0.2) is 0 Å². The van der Waals surface area contributed by atoms with Crippen LogP contribution in [0.2, 0.25) is 0 Å². The van der Waals surface area contributed by atoms with Crippen molar-refractivity contribution in [3.05, 3.63) is 28.2 Å². The Labute approximate surface area is 138 Å². The summed E-state index contributed by atoms with van der Waals surface area (Å²) in [6.07, 6.45) is 2.68. The predicted molar refractivity (Wildman–Crippen MR) is 95.9 cm³/mol. The lowest BCUT2D eigenvalue weighted by Gasteiger charge is -2.29. The molecule has 0 unspecified atom stereocenters. The number of hydrogen-bond acceptors (Lipinski definition) is 2. The van der Waals surface area contributed by atoms with Gasteiger partial charge in [-0.15, -0.1) is 0 Å². The molecule has 0 aliphatic heterocycles. The van der Waals surface area contributed by atoms with E-state index in [1.54, 1.807) is 0 Å². The van der Waals surface area contributed by atoms with Crippen molar-refractivity contribution in [2.75, 3.05) is 18.0 Å². The first kappa shape index (κ1) is 16.8. The molecule has 1 aromatic rings. The molecule has 2 rings (SSSR count). The van der Waals surface area contributed by atoms with Crippen LogP contribution in [0.4, 0.5) is 5.69 Å². The van der Waals surface area contributed by atoms with Crippen LogP contribution in [0.3, 0.4) is 0 Å². The Kier molecular flexibility index (Phi) is 6.12. The molecular formula is C18H29BrN2. The van der Waals surface area contributed by atoms with Gasteiger partial charge in [-0.05, 0) is 42.4 Å². The third kappa shape index (κ3) is 5.63. The van der Waals surface area contributed by atoms with Gasteiger partial charge in [-0.2, -0.15) is 0 Å². The molecule has 0 radical (unpaired) electrons. The Balaban J connectivity index is 2.06. The highest BCUT2D eigenvalue weighted by Gasteiger charge is 2.20. The van der Waals surface area contributed by atoms with Crippen molar-refractivity contribution >= 4 is 21.6 Å². The molecule has 1 aromatic carbocycles. The van der Waals surface area contributed by atoms with E-state index in [9.17, 15) is 0 Å². The van der Waals surface area contributed by atoms with Gasteiger partial charge < -0.3 is 10.2 Å². The van der Waals surface area contributed by atoms with Crippen LogP contribution in [-0.4, -0.2) is 19.1 Å². The predicted octanol–water partition coefficient (Wildman–Crippen LogP) is 4.82. The van der Waals surface area contributed by atoms with Crippen molar-refractivity contribution in [2.24, 2.45) is 11.8 Å². The largest absolute Gasteiger partial charge is 0.371 e. The average Bonchev–Trinajstić information content (AvgIpc) is 3.19. The summed E-state index contributed by atoms with van der Waals surface area (Å²) >= 11 is 3.75. The third-order valence-electron chi connectivity index (χ3n) is 3.73. The maximum atomic E-state index is 3.75. The SMILES string of the molecule is CC(C)CN(CC(C)C)c1ccc(CNC2CC2)c(Br)c1. The number of rotatable bonds is 8. The molecule has 0 atom stereocenters. The number of hydrogen-bond donors (Lipinski definition) is 1. The van der Waals surface area contributed by atoms with E-state index < -0.39 is 0 Å². The Bertz CT molecular complexity index is 443. The van der Waals surface area contributed by atoms with Crippen molar-refractivity contribution < 1.29 is 0 Å². The second-order valence-electron chi connectivity index (χ2n) is 7.12. The molecule has 0 saturated heterocycles. The zero-order valence-electron chi connectivity index (χ0n) is 13.8. The first-order valence-electron chi connectivity index (χ1n) is 8.22. The first-order valence-corrected chi connectivity index (χ1v) is 9.01. The van der Waals surface area contributed by atoms with Crippen molar-refractivity contribution in [1.82, 2.24) is 5.32 Å². The van der Waals surface area contributed by atoms with Gasteiger partial charge in [0.05, 0.1) is 0 Å². The van der Waals surface area contributed by atoms with Gasteiger partial charge in [0, 0.05) is 35.8 Å². The third-order valence-corrected chi connectivity index (χ3v) is 4.47. The molecule has 1 saturated carbocycles. The molecule has 0 amide bonds. The molecule has 2 nitrogen and oxygen atoms in total.